The summed E-state index contributed by atoms with van der Waals surface area (Å²) in [6, 6.07) is 6.98. The summed E-state index contributed by atoms with van der Waals surface area (Å²) in [5, 5.41) is 0. The Bertz CT molecular complexity index is 417. The standard InChI is InChI=1S/C16H26N2O/c1-12(2)15-5-4-8-18(15)11-14-9-13(10-17)6-7-16(14)19-3/h6-7,9,12,15H,4-5,8,10-11,17H2,1-3H3. The number of benzene rings is 1. The molecule has 1 aromatic carbocycles. The molecule has 3 heteroatoms. The third-order valence-corrected chi connectivity index (χ3v) is 4.14. The van der Waals surface area contributed by atoms with E-state index in [0.717, 1.165) is 12.3 Å². The van der Waals surface area contributed by atoms with Gasteiger partial charge in [0.15, 0.2) is 0 Å². The van der Waals surface area contributed by atoms with Crippen molar-refractivity contribution in [3.63, 3.8) is 0 Å². The van der Waals surface area contributed by atoms with E-state index in [9.17, 15) is 0 Å². The minimum Gasteiger partial charge on any atom is -0.496 e. The molecule has 1 aliphatic rings. The summed E-state index contributed by atoms with van der Waals surface area (Å²) in [6.45, 7) is 7.39. The molecule has 1 aliphatic heterocycles. The van der Waals surface area contributed by atoms with E-state index in [2.05, 4.69) is 24.8 Å². The van der Waals surface area contributed by atoms with Gasteiger partial charge in [-0.15, -0.1) is 0 Å². The van der Waals surface area contributed by atoms with E-state index in [1.54, 1.807) is 7.11 Å². The molecule has 106 valence electrons. The van der Waals surface area contributed by atoms with Crippen molar-refractivity contribution >= 4 is 0 Å². The van der Waals surface area contributed by atoms with Crippen molar-refractivity contribution in [1.82, 2.24) is 4.90 Å². The van der Waals surface area contributed by atoms with Gasteiger partial charge in [-0.3, -0.25) is 4.90 Å². The van der Waals surface area contributed by atoms with E-state index >= 15 is 0 Å². The van der Waals surface area contributed by atoms with Crippen LogP contribution in [0.3, 0.4) is 0 Å². The Morgan fingerprint density at radius 3 is 2.84 bits per heavy atom. The van der Waals surface area contributed by atoms with E-state index in [0.29, 0.717) is 18.5 Å². The van der Waals surface area contributed by atoms with Gasteiger partial charge in [-0.05, 0) is 43.0 Å². The summed E-state index contributed by atoms with van der Waals surface area (Å²) in [5.74, 6) is 1.69. The van der Waals surface area contributed by atoms with Gasteiger partial charge in [-0.2, -0.15) is 0 Å². The predicted molar refractivity (Wildman–Crippen MR) is 79.2 cm³/mol. The van der Waals surface area contributed by atoms with E-state index in [4.69, 9.17) is 10.5 Å². The van der Waals surface area contributed by atoms with Crippen molar-refractivity contribution in [3.8, 4) is 5.75 Å². The van der Waals surface area contributed by atoms with Crippen molar-refractivity contribution in [2.75, 3.05) is 13.7 Å². The van der Waals surface area contributed by atoms with Gasteiger partial charge in [0.1, 0.15) is 5.75 Å². The first-order valence-corrected chi connectivity index (χ1v) is 7.25. The third kappa shape index (κ3) is 3.28. The van der Waals surface area contributed by atoms with Crippen LogP contribution in [0.2, 0.25) is 0 Å². The van der Waals surface area contributed by atoms with Crippen LogP contribution in [-0.2, 0) is 13.1 Å². The summed E-state index contributed by atoms with van der Waals surface area (Å²) < 4.78 is 5.48. The van der Waals surface area contributed by atoms with Gasteiger partial charge in [0.2, 0.25) is 0 Å². The zero-order valence-electron chi connectivity index (χ0n) is 12.4. The van der Waals surface area contributed by atoms with Crippen molar-refractivity contribution in [2.45, 2.75) is 45.8 Å². The molecule has 1 atom stereocenters. The summed E-state index contributed by atoms with van der Waals surface area (Å²) in [5.41, 5.74) is 8.18. The molecule has 1 fully saturated rings. The Labute approximate surface area is 116 Å². The Kier molecular flexibility index (Phi) is 4.83. The lowest BCUT2D eigenvalue weighted by Gasteiger charge is -2.28. The Morgan fingerprint density at radius 2 is 2.21 bits per heavy atom. The molecule has 0 bridgehead atoms. The van der Waals surface area contributed by atoms with Crippen molar-refractivity contribution in [1.29, 1.82) is 0 Å². The second-order valence-electron chi connectivity index (χ2n) is 5.77. The highest BCUT2D eigenvalue weighted by Crippen LogP contribution is 2.28. The molecule has 0 radical (unpaired) electrons. The number of rotatable bonds is 5. The minimum absolute atomic E-state index is 0.588. The molecule has 1 aromatic rings. The first-order valence-electron chi connectivity index (χ1n) is 7.25. The summed E-state index contributed by atoms with van der Waals surface area (Å²) >= 11 is 0. The van der Waals surface area contributed by atoms with Crippen LogP contribution in [0.4, 0.5) is 0 Å². The minimum atomic E-state index is 0.588. The molecule has 0 saturated carbocycles. The maximum atomic E-state index is 5.74. The molecular weight excluding hydrogens is 236 g/mol. The Morgan fingerprint density at radius 1 is 1.42 bits per heavy atom. The number of ether oxygens (including phenoxy) is 1. The molecule has 0 aliphatic carbocycles. The summed E-state index contributed by atoms with van der Waals surface area (Å²) in [4.78, 5) is 2.59. The topological polar surface area (TPSA) is 38.5 Å². The molecule has 2 N–H and O–H groups in total. The van der Waals surface area contributed by atoms with Crippen LogP contribution in [0.5, 0.6) is 5.75 Å². The SMILES string of the molecule is COc1ccc(CN)cc1CN1CCCC1C(C)C. The van der Waals surface area contributed by atoms with E-state index in [-0.39, 0.29) is 0 Å². The molecular formula is C16H26N2O. The predicted octanol–water partition coefficient (Wildman–Crippen LogP) is 2.77. The Balaban J connectivity index is 2.17. The molecule has 1 heterocycles. The number of likely N-dealkylation sites (tertiary alicyclic amines) is 1. The largest absolute Gasteiger partial charge is 0.496 e. The first kappa shape index (κ1) is 14.4. The second kappa shape index (κ2) is 6.40. The molecule has 2 rings (SSSR count). The Hall–Kier alpha value is -1.06. The van der Waals surface area contributed by atoms with Gasteiger partial charge in [-0.25, -0.2) is 0 Å². The lowest BCUT2D eigenvalue weighted by Crippen LogP contribution is -2.33. The molecule has 1 saturated heterocycles. The van der Waals surface area contributed by atoms with Gasteiger partial charge in [0.05, 0.1) is 7.11 Å². The zero-order chi connectivity index (χ0) is 13.8. The smallest absolute Gasteiger partial charge is 0.123 e. The monoisotopic (exact) mass is 262 g/mol. The second-order valence-corrected chi connectivity index (χ2v) is 5.77. The number of methoxy groups -OCH3 is 1. The van der Waals surface area contributed by atoms with Crippen molar-refractivity contribution in [3.05, 3.63) is 29.3 Å². The van der Waals surface area contributed by atoms with Crippen LogP contribution in [0, 0.1) is 5.92 Å². The van der Waals surface area contributed by atoms with Crippen LogP contribution < -0.4 is 10.5 Å². The van der Waals surface area contributed by atoms with Crippen LogP contribution in [0.1, 0.15) is 37.8 Å². The van der Waals surface area contributed by atoms with Gasteiger partial charge >= 0.3 is 0 Å². The lowest BCUT2D eigenvalue weighted by molar-refractivity contribution is 0.196. The quantitative estimate of drug-likeness (QED) is 0.887. The molecule has 0 aromatic heterocycles. The van der Waals surface area contributed by atoms with Crippen LogP contribution in [0.15, 0.2) is 18.2 Å². The fourth-order valence-corrected chi connectivity index (χ4v) is 3.10. The maximum Gasteiger partial charge on any atom is 0.123 e. The van der Waals surface area contributed by atoms with Crippen molar-refractivity contribution < 1.29 is 4.74 Å². The van der Waals surface area contributed by atoms with Gasteiger partial charge in [0, 0.05) is 24.7 Å². The first-order chi connectivity index (χ1) is 9.15. The average molecular weight is 262 g/mol. The molecule has 0 spiro atoms. The highest BCUT2D eigenvalue weighted by atomic mass is 16.5. The average Bonchev–Trinajstić information content (AvgIpc) is 2.87. The van der Waals surface area contributed by atoms with Gasteiger partial charge < -0.3 is 10.5 Å². The molecule has 0 amide bonds. The highest BCUT2D eigenvalue weighted by Gasteiger charge is 2.27. The number of nitrogens with two attached hydrogens (primary N) is 1. The number of hydrogen-bond donors (Lipinski definition) is 1. The number of nitrogens with zero attached hydrogens (tertiary/aromatic N) is 1. The molecule has 1 unspecified atom stereocenters. The van der Waals surface area contributed by atoms with Gasteiger partial charge in [0.25, 0.3) is 0 Å². The fourth-order valence-electron chi connectivity index (χ4n) is 3.10. The van der Waals surface area contributed by atoms with E-state index in [1.165, 1.54) is 30.5 Å². The van der Waals surface area contributed by atoms with E-state index in [1.807, 2.05) is 12.1 Å². The van der Waals surface area contributed by atoms with E-state index < -0.39 is 0 Å². The lowest BCUT2D eigenvalue weighted by atomic mass is 10.0. The zero-order valence-corrected chi connectivity index (χ0v) is 12.4. The van der Waals surface area contributed by atoms with Crippen LogP contribution in [-0.4, -0.2) is 24.6 Å². The summed E-state index contributed by atoms with van der Waals surface area (Å²) in [6.07, 6.45) is 2.62. The highest BCUT2D eigenvalue weighted by molar-refractivity contribution is 5.37. The summed E-state index contributed by atoms with van der Waals surface area (Å²) in [7, 11) is 1.74. The molecule has 3 nitrogen and oxygen atoms in total. The third-order valence-electron chi connectivity index (χ3n) is 4.14. The van der Waals surface area contributed by atoms with Crippen LogP contribution >= 0.6 is 0 Å². The maximum absolute atomic E-state index is 5.74. The number of hydrogen-bond acceptors (Lipinski definition) is 3. The molecule has 19 heavy (non-hydrogen) atoms. The van der Waals surface area contributed by atoms with Crippen LogP contribution in [0.25, 0.3) is 0 Å². The fraction of sp³-hybridized carbons (Fsp3) is 0.625. The van der Waals surface area contributed by atoms with Gasteiger partial charge in [-0.1, -0.05) is 19.9 Å². The normalized spacial score (nSPS) is 20.2. The van der Waals surface area contributed by atoms with Crippen molar-refractivity contribution in [2.24, 2.45) is 11.7 Å².